The summed E-state index contributed by atoms with van der Waals surface area (Å²) in [5.74, 6) is 0.547. The maximum atomic E-state index is 6.22. The average molecular weight is 228 g/mol. The molecule has 0 saturated heterocycles. The summed E-state index contributed by atoms with van der Waals surface area (Å²) in [5, 5.41) is 1.37. The van der Waals surface area contributed by atoms with Crippen LogP contribution in [0.15, 0.2) is 18.3 Å². The van der Waals surface area contributed by atoms with Crippen LogP contribution in [0.25, 0.3) is 10.9 Å². The number of benzene rings is 1. The molecule has 0 amide bonds. The number of fused-ring (bicyclic) bond motifs is 1. The Labute approximate surface area is 102 Å². The monoisotopic (exact) mass is 228 g/mol. The predicted molar refractivity (Wildman–Crippen MR) is 72.3 cm³/mol. The van der Waals surface area contributed by atoms with Crippen molar-refractivity contribution in [2.75, 3.05) is 0 Å². The van der Waals surface area contributed by atoms with Gasteiger partial charge >= 0.3 is 0 Å². The SMILES string of the molecule is Cc1ccc2c(C3CCCC3N)c[nH]c2c1C. The van der Waals surface area contributed by atoms with Crippen LogP contribution in [0.3, 0.4) is 0 Å². The summed E-state index contributed by atoms with van der Waals surface area (Å²) in [6.07, 6.45) is 5.85. The molecule has 0 radical (unpaired) electrons. The predicted octanol–water partition coefficient (Wildman–Crippen LogP) is 3.38. The molecule has 1 aromatic heterocycles. The van der Waals surface area contributed by atoms with Crippen LogP contribution in [0, 0.1) is 13.8 Å². The van der Waals surface area contributed by atoms with E-state index >= 15 is 0 Å². The fourth-order valence-electron chi connectivity index (χ4n) is 3.15. The van der Waals surface area contributed by atoms with Gasteiger partial charge in [0, 0.05) is 29.1 Å². The number of hydrogen-bond acceptors (Lipinski definition) is 1. The van der Waals surface area contributed by atoms with Gasteiger partial charge in [-0.25, -0.2) is 0 Å². The Bertz CT molecular complexity index is 553. The van der Waals surface area contributed by atoms with Crippen molar-refractivity contribution in [1.82, 2.24) is 4.98 Å². The lowest BCUT2D eigenvalue weighted by Crippen LogP contribution is -2.22. The number of aromatic amines is 1. The second kappa shape index (κ2) is 3.88. The number of hydrogen-bond donors (Lipinski definition) is 2. The van der Waals surface area contributed by atoms with Gasteiger partial charge in [0.05, 0.1) is 0 Å². The van der Waals surface area contributed by atoms with Crippen molar-refractivity contribution in [3.05, 3.63) is 35.0 Å². The van der Waals surface area contributed by atoms with E-state index in [0.717, 1.165) is 0 Å². The van der Waals surface area contributed by atoms with Crippen LogP contribution < -0.4 is 5.73 Å². The number of nitrogens with one attached hydrogen (secondary N) is 1. The lowest BCUT2D eigenvalue weighted by Gasteiger charge is -2.14. The summed E-state index contributed by atoms with van der Waals surface area (Å²) in [6.45, 7) is 4.35. The van der Waals surface area contributed by atoms with Gasteiger partial charge in [-0.2, -0.15) is 0 Å². The van der Waals surface area contributed by atoms with E-state index < -0.39 is 0 Å². The van der Waals surface area contributed by atoms with Crippen molar-refractivity contribution in [2.24, 2.45) is 5.73 Å². The zero-order valence-electron chi connectivity index (χ0n) is 10.6. The first-order valence-corrected chi connectivity index (χ1v) is 6.51. The van der Waals surface area contributed by atoms with E-state index in [9.17, 15) is 0 Å². The number of aryl methyl sites for hydroxylation is 2. The van der Waals surface area contributed by atoms with Gasteiger partial charge < -0.3 is 10.7 Å². The summed E-state index contributed by atoms with van der Waals surface area (Å²) in [7, 11) is 0. The highest BCUT2D eigenvalue weighted by atomic mass is 14.7. The topological polar surface area (TPSA) is 41.8 Å². The van der Waals surface area contributed by atoms with Crippen LogP contribution in [0.1, 0.15) is 41.9 Å². The largest absolute Gasteiger partial charge is 0.361 e. The molecule has 1 aliphatic carbocycles. The molecule has 2 atom stereocenters. The van der Waals surface area contributed by atoms with E-state index in [4.69, 9.17) is 5.73 Å². The van der Waals surface area contributed by atoms with Crippen molar-refractivity contribution in [3.63, 3.8) is 0 Å². The zero-order chi connectivity index (χ0) is 12.0. The highest BCUT2D eigenvalue weighted by molar-refractivity contribution is 5.87. The molecular weight excluding hydrogens is 208 g/mol. The van der Waals surface area contributed by atoms with E-state index in [0.29, 0.717) is 12.0 Å². The fraction of sp³-hybridized carbons (Fsp3) is 0.467. The van der Waals surface area contributed by atoms with Gasteiger partial charge in [0.15, 0.2) is 0 Å². The first-order chi connectivity index (χ1) is 8.18. The molecule has 0 spiro atoms. The van der Waals surface area contributed by atoms with Crippen molar-refractivity contribution in [1.29, 1.82) is 0 Å². The Kier molecular flexibility index (Phi) is 2.48. The molecule has 3 rings (SSSR count). The van der Waals surface area contributed by atoms with E-state index in [1.165, 1.54) is 46.9 Å². The van der Waals surface area contributed by atoms with Gasteiger partial charge in [-0.15, -0.1) is 0 Å². The van der Waals surface area contributed by atoms with Crippen molar-refractivity contribution < 1.29 is 0 Å². The van der Waals surface area contributed by atoms with E-state index in [1.807, 2.05) is 0 Å². The maximum Gasteiger partial charge on any atom is 0.0489 e. The summed E-state index contributed by atoms with van der Waals surface area (Å²) in [4.78, 5) is 3.44. The first kappa shape index (κ1) is 10.8. The Morgan fingerprint density at radius 1 is 1.24 bits per heavy atom. The third-order valence-electron chi connectivity index (χ3n) is 4.39. The average Bonchev–Trinajstić information content (AvgIpc) is 2.89. The van der Waals surface area contributed by atoms with E-state index in [-0.39, 0.29) is 0 Å². The van der Waals surface area contributed by atoms with Crippen molar-refractivity contribution >= 4 is 10.9 Å². The van der Waals surface area contributed by atoms with E-state index in [2.05, 4.69) is 37.2 Å². The quantitative estimate of drug-likeness (QED) is 0.772. The lowest BCUT2D eigenvalue weighted by atomic mass is 9.93. The van der Waals surface area contributed by atoms with Crippen LogP contribution in [0.4, 0.5) is 0 Å². The highest BCUT2D eigenvalue weighted by Gasteiger charge is 2.27. The van der Waals surface area contributed by atoms with Crippen LogP contribution in [-0.4, -0.2) is 11.0 Å². The molecule has 0 bridgehead atoms. The Morgan fingerprint density at radius 2 is 2.06 bits per heavy atom. The molecular formula is C15H20N2. The fourth-order valence-corrected chi connectivity index (χ4v) is 3.15. The minimum atomic E-state index is 0.343. The molecule has 2 nitrogen and oxygen atoms in total. The van der Waals surface area contributed by atoms with Gasteiger partial charge in [0.25, 0.3) is 0 Å². The van der Waals surface area contributed by atoms with Crippen molar-refractivity contribution in [2.45, 2.75) is 45.1 Å². The Morgan fingerprint density at radius 3 is 2.76 bits per heavy atom. The zero-order valence-corrected chi connectivity index (χ0v) is 10.6. The molecule has 3 N–H and O–H groups in total. The van der Waals surface area contributed by atoms with Crippen LogP contribution in [0.5, 0.6) is 0 Å². The van der Waals surface area contributed by atoms with Gasteiger partial charge in [-0.05, 0) is 43.4 Å². The third kappa shape index (κ3) is 1.59. The standard InChI is InChI=1S/C15H20N2/c1-9-6-7-12-13(8-17-15(12)10(9)2)11-4-3-5-14(11)16/h6-8,11,14,17H,3-5,16H2,1-2H3. The lowest BCUT2D eigenvalue weighted by molar-refractivity contribution is 0.616. The molecule has 1 heterocycles. The van der Waals surface area contributed by atoms with Gasteiger partial charge in [0.1, 0.15) is 0 Å². The summed E-state index contributed by atoms with van der Waals surface area (Å²) >= 11 is 0. The van der Waals surface area contributed by atoms with Crippen LogP contribution >= 0.6 is 0 Å². The number of rotatable bonds is 1. The molecule has 1 saturated carbocycles. The Hall–Kier alpha value is -1.28. The normalized spacial score (nSPS) is 24.6. The minimum absolute atomic E-state index is 0.343. The van der Waals surface area contributed by atoms with E-state index in [1.54, 1.807) is 0 Å². The second-order valence-corrected chi connectivity index (χ2v) is 5.38. The molecule has 1 aliphatic rings. The number of aromatic nitrogens is 1. The van der Waals surface area contributed by atoms with Gasteiger partial charge in [0.2, 0.25) is 0 Å². The number of nitrogens with two attached hydrogens (primary N) is 1. The highest BCUT2D eigenvalue weighted by Crippen LogP contribution is 2.37. The molecule has 0 aliphatic heterocycles. The molecule has 1 fully saturated rings. The van der Waals surface area contributed by atoms with Crippen LogP contribution in [0.2, 0.25) is 0 Å². The van der Waals surface area contributed by atoms with Crippen molar-refractivity contribution in [3.8, 4) is 0 Å². The van der Waals surface area contributed by atoms with Gasteiger partial charge in [-0.1, -0.05) is 18.6 Å². The van der Waals surface area contributed by atoms with Crippen LogP contribution in [-0.2, 0) is 0 Å². The maximum absolute atomic E-state index is 6.22. The summed E-state index contributed by atoms with van der Waals surface area (Å²) in [5.41, 5.74) is 11.6. The number of H-pyrrole nitrogens is 1. The molecule has 2 aromatic rings. The molecule has 17 heavy (non-hydrogen) atoms. The molecule has 2 heteroatoms. The molecule has 90 valence electrons. The molecule has 1 aromatic carbocycles. The summed E-state index contributed by atoms with van der Waals surface area (Å²) < 4.78 is 0. The molecule has 2 unspecified atom stereocenters. The first-order valence-electron chi connectivity index (χ1n) is 6.51. The minimum Gasteiger partial charge on any atom is -0.361 e. The second-order valence-electron chi connectivity index (χ2n) is 5.38. The smallest absolute Gasteiger partial charge is 0.0489 e. The Balaban J connectivity index is 2.15. The third-order valence-corrected chi connectivity index (χ3v) is 4.39. The van der Waals surface area contributed by atoms with Gasteiger partial charge in [-0.3, -0.25) is 0 Å². The summed E-state index contributed by atoms with van der Waals surface area (Å²) in [6, 6.07) is 4.81.